The van der Waals surface area contributed by atoms with Crippen LogP contribution >= 0.6 is 11.8 Å². The average Bonchev–Trinajstić information content (AvgIpc) is 2.49. The van der Waals surface area contributed by atoms with Crippen LogP contribution in [0.1, 0.15) is 23.2 Å². The number of carboxylic acids is 1. The van der Waals surface area contributed by atoms with Crippen molar-refractivity contribution in [3.63, 3.8) is 0 Å². The van der Waals surface area contributed by atoms with Crippen LogP contribution in [0.4, 0.5) is 0 Å². The summed E-state index contributed by atoms with van der Waals surface area (Å²) in [5.41, 5.74) is 0.181. The quantitative estimate of drug-likeness (QED) is 0.430. The van der Waals surface area contributed by atoms with Gasteiger partial charge in [-0.2, -0.15) is 0 Å². The third kappa shape index (κ3) is 6.31. The molecule has 0 radical (unpaired) electrons. The number of thioether (sulfide) groups is 1. The summed E-state index contributed by atoms with van der Waals surface area (Å²) in [5.74, 6) is -1.40. The molecule has 0 spiro atoms. The van der Waals surface area contributed by atoms with Crippen molar-refractivity contribution < 1.29 is 24.2 Å². The highest BCUT2D eigenvalue weighted by Gasteiger charge is 2.11. The second-order valence-corrected chi connectivity index (χ2v) is 5.14. The fourth-order valence-electron chi connectivity index (χ4n) is 1.53. The van der Waals surface area contributed by atoms with E-state index in [0.717, 1.165) is 0 Å². The van der Waals surface area contributed by atoms with Gasteiger partial charge in [-0.05, 0) is 18.6 Å². The van der Waals surface area contributed by atoms with Crippen molar-refractivity contribution in [2.45, 2.75) is 17.7 Å². The van der Waals surface area contributed by atoms with E-state index in [1.807, 2.05) is 0 Å². The zero-order valence-electron chi connectivity index (χ0n) is 11.6. The van der Waals surface area contributed by atoms with Crippen molar-refractivity contribution >= 4 is 29.6 Å². The first kappa shape index (κ1) is 17.0. The molecule has 21 heavy (non-hydrogen) atoms. The monoisotopic (exact) mass is 311 g/mol. The van der Waals surface area contributed by atoms with Gasteiger partial charge in [-0.15, -0.1) is 11.8 Å². The van der Waals surface area contributed by atoms with Gasteiger partial charge in [0.15, 0.2) is 0 Å². The average molecular weight is 311 g/mol. The van der Waals surface area contributed by atoms with Crippen LogP contribution in [-0.4, -0.2) is 42.4 Å². The molecule has 0 aliphatic heterocycles. The second-order valence-electron chi connectivity index (χ2n) is 4.12. The Kier molecular flexibility index (Phi) is 7.31. The Morgan fingerprint density at radius 2 is 2.00 bits per heavy atom. The number of nitrogens with one attached hydrogen (secondary N) is 1. The number of aromatic carboxylic acids is 1. The molecule has 1 aromatic rings. The molecular weight excluding hydrogens is 294 g/mol. The number of hydrogen-bond acceptors (Lipinski definition) is 5. The van der Waals surface area contributed by atoms with Crippen molar-refractivity contribution in [3.05, 3.63) is 29.8 Å². The van der Waals surface area contributed by atoms with Gasteiger partial charge in [0.05, 0.1) is 18.4 Å². The van der Waals surface area contributed by atoms with E-state index in [2.05, 4.69) is 10.1 Å². The zero-order valence-corrected chi connectivity index (χ0v) is 12.4. The number of methoxy groups -OCH3 is 1. The molecule has 2 N–H and O–H groups in total. The van der Waals surface area contributed by atoms with Gasteiger partial charge >= 0.3 is 11.9 Å². The van der Waals surface area contributed by atoms with E-state index >= 15 is 0 Å². The third-order valence-corrected chi connectivity index (χ3v) is 3.66. The van der Waals surface area contributed by atoms with Crippen LogP contribution in [0.15, 0.2) is 29.2 Å². The van der Waals surface area contributed by atoms with Crippen LogP contribution in [0, 0.1) is 0 Å². The number of hydrogen-bond donors (Lipinski definition) is 2. The molecule has 0 aromatic heterocycles. The fraction of sp³-hybridized carbons (Fsp3) is 0.357. The molecule has 0 unspecified atom stereocenters. The molecule has 1 aromatic carbocycles. The van der Waals surface area contributed by atoms with Gasteiger partial charge in [0.1, 0.15) is 0 Å². The molecule has 1 amide bonds. The fourth-order valence-corrected chi connectivity index (χ4v) is 2.40. The number of carbonyl (C=O) groups excluding carboxylic acids is 2. The number of benzene rings is 1. The highest BCUT2D eigenvalue weighted by molar-refractivity contribution is 8.00. The lowest BCUT2D eigenvalue weighted by molar-refractivity contribution is -0.140. The van der Waals surface area contributed by atoms with E-state index in [-0.39, 0.29) is 29.6 Å². The Hall–Kier alpha value is -2.02. The van der Waals surface area contributed by atoms with Crippen LogP contribution in [0.3, 0.4) is 0 Å². The molecule has 0 atom stereocenters. The normalized spacial score (nSPS) is 9.95. The van der Waals surface area contributed by atoms with E-state index in [1.54, 1.807) is 18.2 Å². The summed E-state index contributed by atoms with van der Waals surface area (Å²) in [6.45, 7) is 0.384. The number of amides is 1. The zero-order chi connectivity index (χ0) is 15.7. The maximum absolute atomic E-state index is 11.6. The minimum absolute atomic E-state index is 0.127. The van der Waals surface area contributed by atoms with E-state index in [1.165, 1.54) is 24.9 Å². The van der Waals surface area contributed by atoms with Crippen LogP contribution in [0.5, 0.6) is 0 Å². The molecule has 6 nitrogen and oxygen atoms in total. The molecule has 0 saturated heterocycles. The van der Waals surface area contributed by atoms with Gasteiger partial charge < -0.3 is 15.2 Å². The summed E-state index contributed by atoms with van der Waals surface area (Å²) in [7, 11) is 1.32. The van der Waals surface area contributed by atoms with Crippen molar-refractivity contribution in [1.29, 1.82) is 0 Å². The molecule has 114 valence electrons. The van der Waals surface area contributed by atoms with Gasteiger partial charge in [-0.25, -0.2) is 4.79 Å². The minimum Gasteiger partial charge on any atom is -0.478 e. The van der Waals surface area contributed by atoms with Gasteiger partial charge in [0.25, 0.3) is 0 Å². The van der Waals surface area contributed by atoms with Crippen molar-refractivity contribution in [3.8, 4) is 0 Å². The van der Waals surface area contributed by atoms with E-state index in [9.17, 15) is 14.4 Å². The molecule has 0 fully saturated rings. The van der Waals surface area contributed by atoms with Crippen LogP contribution in [0.2, 0.25) is 0 Å². The maximum Gasteiger partial charge on any atom is 0.336 e. The summed E-state index contributed by atoms with van der Waals surface area (Å²) in [6.07, 6.45) is 0.764. The van der Waals surface area contributed by atoms with Gasteiger partial charge in [-0.3, -0.25) is 9.59 Å². The van der Waals surface area contributed by atoms with Crippen LogP contribution in [0.25, 0.3) is 0 Å². The van der Waals surface area contributed by atoms with E-state index in [4.69, 9.17) is 5.11 Å². The number of ether oxygens (including phenoxy) is 1. The van der Waals surface area contributed by atoms with Crippen molar-refractivity contribution in [1.82, 2.24) is 5.32 Å². The van der Waals surface area contributed by atoms with Crippen molar-refractivity contribution in [2.24, 2.45) is 0 Å². The first-order chi connectivity index (χ1) is 10.0. The second kappa shape index (κ2) is 9.02. The lowest BCUT2D eigenvalue weighted by atomic mass is 10.2. The SMILES string of the molecule is COC(=O)CCCNC(=O)CSc1ccccc1C(=O)O. The van der Waals surface area contributed by atoms with Gasteiger partial charge in [-0.1, -0.05) is 12.1 Å². The van der Waals surface area contributed by atoms with E-state index < -0.39 is 5.97 Å². The Labute approximate surface area is 126 Å². The molecule has 0 saturated carbocycles. The van der Waals surface area contributed by atoms with Crippen molar-refractivity contribution in [2.75, 3.05) is 19.4 Å². The highest BCUT2D eigenvalue weighted by atomic mass is 32.2. The Morgan fingerprint density at radius 3 is 2.67 bits per heavy atom. The maximum atomic E-state index is 11.6. The Balaban J connectivity index is 2.33. The van der Waals surface area contributed by atoms with E-state index in [0.29, 0.717) is 17.9 Å². The summed E-state index contributed by atoms with van der Waals surface area (Å²) in [4.78, 5) is 34.1. The number of rotatable bonds is 8. The number of carboxylic acid groups (broad SMARTS) is 1. The highest BCUT2D eigenvalue weighted by Crippen LogP contribution is 2.22. The predicted molar refractivity (Wildman–Crippen MR) is 78.4 cm³/mol. The number of carbonyl (C=O) groups is 3. The number of esters is 1. The van der Waals surface area contributed by atoms with Gasteiger partial charge in [0.2, 0.25) is 5.91 Å². The lowest BCUT2D eigenvalue weighted by Crippen LogP contribution is -2.26. The molecule has 0 bridgehead atoms. The summed E-state index contributed by atoms with van der Waals surface area (Å²) in [6, 6.07) is 6.53. The largest absolute Gasteiger partial charge is 0.478 e. The molecule has 0 aliphatic carbocycles. The molecule has 0 aliphatic rings. The Bertz CT molecular complexity index is 518. The minimum atomic E-state index is -1.02. The molecular formula is C14H17NO5S. The lowest BCUT2D eigenvalue weighted by Gasteiger charge is -2.06. The molecule has 0 heterocycles. The standard InChI is InChI=1S/C14H17NO5S/c1-20-13(17)7-4-8-15-12(16)9-21-11-6-3-2-5-10(11)14(18)19/h2-3,5-6H,4,7-9H2,1H3,(H,15,16)(H,18,19). The molecule has 7 heteroatoms. The van der Waals surface area contributed by atoms with Crippen LogP contribution < -0.4 is 5.32 Å². The first-order valence-corrected chi connectivity index (χ1v) is 7.31. The Morgan fingerprint density at radius 1 is 1.29 bits per heavy atom. The smallest absolute Gasteiger partial charge is 0.336 e. The predicted octanol–water partition coefficient (Wildman–Crippen LogP) is 1.55. The first-order valence-electron chi connectivity index (χ1n) is 6.33. The molecule has 1 rings (SSSR count). The topological polar surface area (TPSA) is 92.7 Å². The summed E-state index contributed by atoms with van der Waals surface area (Å²) in [5, 5.41) is 11.7. The summed E-state index contributed by atoms with van der Waals surface area (Å²) >= 11 is 1.17. The summed E-state index contributed by atoms with van der Waals surface area (Å²) < 4.78 is 4.49. The third-order valence-electron chi connectivity index (χ3n) is 2.58. The van der Waals surface area contributed by atoms with Crippen LogP contribution in [-0.2, 0) is 14.3 Å². The van der Waals surface area contributed by atoms with Gasteiger partial charge in [0, 0.05) is 17.9 Å².